The molecule has 0 aromatic heterocycles. The van der Waals surface area contributed by atoms with Crippen LogP contribution in [-0.2, 0) is 14.2 Å². The molecule has 0 rings (SSSR count). The van der Waals surface area contributed by atoms with Crippen molar-refractivity contribution in [3.05, 3.63) is 0 Å². The van der Waals surface area contributed by atoms with Gasteiger partial charge in [-0.1, -0.05) is 61.4 Å². The maximum Gasteiger partial charge on any atom is 0.285 e. The van der Waals surface area contributed by atoms with E-state index in [1.165, 1.54) is 38.5 Å². The summed E-state index contributed by atoms with van der Waals surface area (Å²) in [4.78, 5) is 0. The van der Waals surface area contributed by atoms with Crippen LogP contribution in [0, 0.1) is 5.92 Å². The molecule has 0 aliphatic rings. The van der Waals surface area contributed by atoms with E-state index in [0.717, 1.165) is 11.8 Å². The highest BCUT2D eigenvalue weighted by Gasteiger charge is 2.38. The van der Waals surface area contributed by atoms with Crippen molar-refractivity contribution in [1.29, 1.82) is 0 Å². The van der Waals surface area contributed by atoms with Crippen molar-refractivity contribution < 1.29 is 14.2 Å². The number of hydrogen-bond donors (Lipinski definition) is 0. The third-order valence-electron chi connectivity index (χ3n) is 3.45. The van der Waals surface area contributed by atoms with Crippen molar-refractivity contribution in [2.24, 2.45) is 5.92 Å². The Labute approximate surface area is 121 Å². The van der Waals surface area contributed by atoms with Crippen LogP contribution < -0.4 is 0 Å². The number of rotatable bonds is 12. The summed E-state index contributed by atoms with van der Waals surface area (Å²) in [6, 6.07) is 0. The zero-order valence-electron chi connectivity index (χ0n) is 12.3. The zero-order valence-corrected chi connectivity index (χ0v) is 13.9. The first-order valence-electron chi connectivity index (χ1n) is 6.92. The van der Waals surface area contributed by atoms with Gasteiger partial charge in [0.25, 0.3) is 5.97 Å². The van der Waals surface area contributed by atoms with Gasteiger partial charge in [-0.25, -0.2) is 0 Å². The van der Waals surface area contributed by atoms with E-state index in [-0.39, 0.29) is 5.92 Å². The van der Waals surface area contributed by atoms with E-state index in [9.17, 15) is 0 Å². The minimum absolute atomic E-state index is 0.212. The van der Waals surface area contributed by atoms with Crippen molar-refractivity contribution >= 4 is 15.9 Å². The molecule has 0 aliphatic carbocycles. The van der Waals surface area contributed by atoms with E-state index in [0.29, 0.717) is 0 Å². The highest BCUT2D eigenvalue weighted by molar-refractivity contribution is 9.09. The molecule has 1 unspecified atom stereocenters. The summed E-state index contributed by atoms with van der Waals surface area (Å²) < 4.78 is 16.2. The van der Waals surface area contributed by atoms with Crippen LogP contribution in [0.2, 0.25) is 0 Å². The number of methoxy groups -OCH3 is 3. The second-order valence-corrected chi connectivity index (χ2v) is 5.27. The second kappa shape index (κ2) is 11.2. The Morgan fingerprint density at radius 3 is 1.83 bits per heavy atom. The molecule has 1 atom stereocenters. The van der Waals surface area contributed by atoms with Crippen molar-refractivity contribution in [3.8, 4) is 0 Å². The predicted molar refractivity (Wildman–Crippen MR) is 79.0 cm³/mol. The van der Waals surface area contributed by atoms with Crippen LogP contribution in [-0.4, -0.2) is 32.6 Å². The van der Waals surface area contributed by atoms with Gasteiger partial charge in [0.2, 0.25) is 0 Å². The Balaban J connectivity index is 4.01. The van der Waals surface area contributed by atoms with Crippen LogP contribution in [0.15, 0.2) is 0 Å². The molecule has 0 heterocycles. The van der Waals surface area contributed by atoms with Crippen LogP contribution >= 0.6 is 15.9 Å². The molecule has 0 N–H and O–H groups in total. The largest absolute Gasteiger partial charge is 0.331 e. The lowest BCUT2D eigenvalue weighted by atomic mass is 9.99. The first kappa shape index (κ1) is 18.4. The summed E-state index contributed by atoms with van der Waals surface area (Å²) in [6.45, 7) is 2.24. The van der Waals surface area contributed by atoms with Gasteiger partial charge >= 0.3 is 0 Å². The van der Waals surface area contributed by atoms with Gasteiger partial charge in [0.1, 0.15) is 0 Å². The van der Waals surface area contributed by atoms with E-state index in [2.05, 4.69) is 22.9 Å². The van der Waals surface area contributed by atoms with E-state index in [4.69, 9.17) is 14.2 Å². The number of unbranched alkanes of at least 4 members (excludes halogenated alkanes) is 5. The Hall–Kier alpha value is 0.360. The van der Waals surface area contributed by atoms with Crippen LogP contribution in [0.3, 0.4) is 0 Å². The molecule has 110 valence electrons. The Morgan fingerprint density at radius 2 is 1.39 bits per heavy atom. The Kier molecular flexibility index (Phi) is 11.4. The van der Waals surface area contributed by atoms with Crippen molar-refractivity contribution in [2.45, 2.75) is 57.8 Å². The summed E-state index contributed by atoms with van der Waals surface area (Å²) in [5.74, 6) is -0.698. The molecule has 0 saturated carbocycles. The fourth-order valence-corrected chi connectivity index (χ4v) is 2.99. The molecular formula is C14H29BrO3. The Morgan fingerprint density at radius 1 is 0.889 bits per heavy atom. The molecule has 0 aromatic carbocycles. The zero-order chi connectivity index (χ0) is 13.9. The lowest BCUT2D eigenvalue weighted by Crippen LogP contribution is -2.44. The molecule has 0 spiro atoms. The van der Waals surface area contributed by atoms with E-state index < -0.39 is 5.97 Å². The molecule has 0 bridgehead atoms. The van der Waals surface area contributed by atoms with E-state index in [1.54, 1.807) is 21.3 Å². The van der Waals surface area contributed by atoms with Gasteiger partial charge in [-0.05, 0) is 6.42 Å². The van der Waals surface area contributed by atoms with Crippen LogP contribution in [0.4, 0.5) is 0 Å². The standard InChI is InChI=1S/C14H29BrO3/c1-5-6-7-8-9-10-11-13(12-15)14(16-2,17-3)18-4/h13H,5-12H2,1-4H3. The van der Waals surface area contributed by atoms with Crippen molar-refractivity contribution in [2.75, 3.05) is 26.7 Å². The van der Waals surface area contributed by atoms with E-state index in [1.807, 2.05) is 0 Å². The highest BCUT2D eigenvalue weighted by atomic mass is 79.9. The SMILES string of the molecule is CCCCCCCCC(CBr)C(OC)(OC)OC. The smallest absolute Gasteiger partial charge is 0.285 e. The number of hydrogen-bond acceptors (Lipinski definition) is 3. The van der Waals surface area contributed by atoms with Crippen molar-refractivity contribution in [3.63, 3.8) is 0 Å². The van der Waals surface area contributed by atoms with Gasteiger partial charge in [-0.3, -0.25) is 0 Å². The molecule has 4 heteroatoms. The van der Waals surface area contributed by atoms with Crippen LogP contribution in [0.1, 0.15) is 51.9 Å². The minimum atomic E-state index is -0.910. The molecule has 0 aliphatic heterocycles. The topological polar surface area (TPSA) is 27.7 Å². The van der Waals surface area contributed by atoms with Crippen LogP contribution in [0.25, 0.3) is 0 Å². The molecular weight excluding hydrogens is 296 g/mol. The van der Waals surface area contributed by atoms with Gasteiger partial charge in [0, 0.05) is 26.7 Å². The fourth-order valence-electron chi connectivity index (χ4n) is 2.27. The van der Waals surface area contributed by atoms with Gasteiger partial charge in [-0.15, -0.1) is 0 Å². The summed E-state index contributed by atoms with van der Waals surface area (Å²) in [5.41, 5.74) is 0. The van der Waals surface area contributed by atoms with Gasteiger partial charge in [0.05, 0.1) is 5.92 Å². The van der Waals surface area contributed by atoms with Gasteiger partial charge in [0.15, 0.2) is 0 Å². The summed E-state index contributed by atoms with van der Waals surface area (Å²) in [7, 11) is 4.89. The quantitative estimate of drug-likeness (QED) is 0.303. The average molecular weight is 325 g/mol. The van der Waals surface area contributed by atoms with Gasteiger partial charge < -0.3 is 14.2 Å². The number of alkyl halides is 1. The minimum Gasteiger partial charge on any atom is -0.331 e. The van der Waals surface area contributed by atoms with Crippen molar-refractivity contribution in [1.82, 2.24) is 0 Å². The Bertz CT molecular complexity index is 176. The molecule has 0 aromatic rings. The van der Waals surface area contributed by atoms with Crippen LogP contribution in [0.5, 0.6) is 0 Å². The molecule has 0 fully saturated rings. The maximum atomic E-state index is 5.41. The van der Waals surface area contributed by atoms with Gasteiger partial charge in [-0.2, -0.15) is 0 Å². The first-order valence-corrected chi connectivity index (χ1v) is 8.04. The highest BCUT2D eigenvalue weighted by Crippen LogP contribution is 2.30. The number of ether oxygens (including phenoxy) is 3. The molecule has 0 amide bonds. The predicted octanol–water partition coefficient (Wildman–Crippen LogP) is 4.34. The first-order chi connectivity index (χ1) is 8.70. The van der Waals surface area contributed by atoms with E-state index >= 15 is 0 Å². The molecule has 18 heavy (non-hydrogen) atoms. The second-order valence-electron chi connectivity index (χ2n) is 4.62. The molecule has 0 saturated heterocycles. The summed E-state index contributed by atoms with van der Waals surface area (Å²) in [6.07, 6.45) is 8.83. The maximum absolute atomic E-state index is 5.41. The fraction of sp³-hybridized carbons (Fsp3) is 1.00. The average Bonchev–Trinajstić information content (AvgIpc) is 2.42. The number of halogens is 1. The third-order valence-corrected chi connectivity index (χ3v) is 4.23. The third kappa shape index (κ3) is 6.00. The molecule has 0 radical (unpaired) electrons. The molecule has 3 nitrogen and oxygen atoms in total. The lowest BCUT2D eigenvalue weighted by Gasteiger charge is -2.35. The monoisotopic (exact) mass is 324 g/mol. The summed E-state index contributed by atoms with van der Waals surface area (Å²) >= 11 is 3.53. The normalized spacial score (nSPS) is 13.8. The summed E-state index contributed by atoms with van der Waals surface area (Å²) in [5, 5.41) is 0.817. The lowest BCUT2D eigenvalue weighted by molar-refractivity contribution is -0.376.